The van der Waals surface area contributed by atoms with Crippen LogP contribution in [0.15, 0.2) is 0 Å². The van der Waals surface area contributed by atoms with E-state index in [9.17, 15) is 14.8 Å². The summed E-state index contributed by atoms with van der Waals surface area (Å²) in [4.78, 5) is 17.3. The van der Waals surface area contributed by atoms with Gasteiger partial charge in [0.25, 0.3) is 0 Å². The van der Waals surface area contributed by atoms with E-state index in [2.05, 4.69) is 0 Å². The summed E-state index contributed by atoms with van der Waals surface area (Å²) in [6.07, 6.45) is -2.82. The monoisotopic (exact) mass is 236 g/mol. The molecule has 0 bridgehead atoms. The number of hydrogen-bond donors (Lipinski definition) is 4. The number of rotatable bonds is 3. The molecule has 1 aliphatic heterocycles. The van der Waals surface area contributed by atoms with Crippen LogP contribution in [0.1, 0.15) is 13.3 Å². The Balaban J connectivity index is 2.57. The zero-order valence-corrected chi connectivity index (χ0v) is 9.17. The molecule has 15 heavy (non-hydrogen) atoms. The quantitative estimate of drug-likeness (QED) is 0.353. The lowest BCUT2D eigenvalue weighted by molar-refractivity contribution is -0.0208. The van der Waals surface area contributed by atoms with Gasteiger partial charge < -0.3 is 24.7 Å². The van der Waals surface area contributed by atoms with Crippen LogP contribution in [0.2, 0.25) is 0 Å². The SMILES string of the molecule is [B]C1OC(C(O)CP(=O)(O)O)CC1(C)O. The molecule has 1 rings (SSSR count). The first-order valence-corrected chi connectivity index (χ1v) is 6.28. The van der Waals surface area contributed by atoms with Gasteiger partial charge in [-0.3, -0.25) is 4.57 Å². The average molecular weight is 236 g/mol. The highest BCUT2D eigenvalue weighted by Gasteiger charge is 2.44. The molecule has 1 aliphatic rings. The van der Waals surface area contributed by atoms with Gasteiger partial charge in [0.05, 0.1) is 24.0 Å². The van der Waals surface area contributed by atoms with E-state index >= 15 is 0 Å². The highest BCUT2D eigenvalue weighted by molar-refractivity contribution is 7.51. The van der Waals surface area contributed by atoms with Crippen LogP contribution in [-0.4, -0.2) is 57.8 Å². The zero-order valence-electron chi connectivity index (χ0n) is 8.28. The Morgan fingerprint density at radius 2 is 2.20 bits per heavy atom. The molecule has 0 aromatic carbocycles. The van der Waals surface area contributed by atoms with Gasteiger partial charge in [-0.15, -0.1) is 0 Å². The molecule has 1 heterocycles. The van der Waals surface area contributed by atoms with Gasteiger partial charge in [0, 0.05) is 12.4 Å². The first kappa shape index (κ1) is 13.2. The molecule has 4 atom stereocenters. The van der Waals surface area contributed by atoms with Crippen LogP contribution < -0.4 is 0 Å². The standard InChI is InChI=1S/C7H14BO6P/c1-7(10)2-5(14-6(7)8)4(9)3-15(11,12)13/h4-6,9-10H,2-3H2,1H3,(H2,11,12,13). The minimum absolute atomic E-state index is 0.0509. The van der Waals surface area contributed by atoms with Crippen molar-refractivity contribution in [2.24, 2.45) is 0 Å². The Morgan fingerprint density at radius 1 is 1.67 bits per heavy atom. The molecule has 0 amide bonds. The van der Waals surface area contributed by atoms with Crippen molar-refractivity contribution in [3.05, 3.63) is 0 Å². The van der Waals surface area contributed by atoms with Crippen LogP contribution in [0.5, 0.6) is 0 Å². The van der Waals surface area contributed by atoms with Gasteiger partial charge in [-0.1, -0.05) is 0 Å². The first-order chi connectivity index (χ1) is 6.62. The maximum absolute atomic E-state index is 10.6. The Kier molecular flexibility index (Phi) is 3.65. The van der Waals surface area contributed by atoms with E-state index in [0.29, 0.717) is 0 Å². The summed E-state index contributed by atoms with van der Waals surface area (Å²) in [6.45, 7) is 1.45. The Labute approximate surface area is 88.8 Å². The minimum Gasteiger partial charge on any atom is -0.390 e. The average Bonchev–Trinajstić information content (AvgIpc) is 2.23. The molecule has 4 N–H and O–H groups in total. The molecule has 0 aromatic heterocycles. The van der Waals surface area contributed by atoms with Crippen LogP contribution in [0.4, 0.5) is 0 Å². The molecule has 1 saturated heterocycles. The number of hydrogen-bond acceptors (Lipinski definition) is 4. The van der Waals surface area contributed by atoms with Crippen molar-refractivity contribution in [2.75, 3.05) is 6.16 Å². The fraction of sp³-hybridized carbons (Fsp3) is 1.00. The number of aliphatic hydroxyl groups is 2. The summed E-state index contributed by atoms with van der Waals surface area (Å²) < 4.78 is 15.6. The van der Waals surface area contributed by atoms with Gasteiger partial charge >= 0.3 is 7.60 Å². The minimum atomic E-state index is -4.29. The normalized spacial score (nSPS) is 39.3. The third-order valence-electron chi connectivity index (χ3n) is 2.40. The van der Waals surface area contributed by atoms with Crippen molar-refractivity contribution < 1.29 is 29.3 Å². The van der Waals surface area contributed by atoms with Gasteiger partial charge in [-0.2, -0.15) is 0 Å². The van der Waals surface area contributed by atoms with Gasteiger partial charge in [0.2, 0.25) is 0 Å². The van der Waals surface area contributed by atoms with Gasteiger partial charge in [-0.05, 0) is 6.92 Å². The van der Waals surface area contributed by atoms with E-state index in [-0.39, 0.29) is 6.42 Å². The van der Waals surface area contributed by atoms with Gasteiger partial charge in [-0.25, -0.2) is 0 Å². The molecule has 86 valence electrons. The zero-order chi connectivity index (χ0) is 11.9. The molecule has 0 aliphatic carbocycles. The smallest absolute Gasteiger partial charge is 0.328 e. The van der Waals surface area contributed by atoms with Gasteiger partial charge in [0.15, 0.2) is 0 Å². The van der Waals surface area contributed by atoms with E-state index in [1.165, 1.54) is 6.92 Å². The molecule has 6 nitrogen and oxygen atoms in total. The molecule has 0 spiro atoms. The fourth-order valence-electron chi connectivity index (χ4n) is 1.49. The predicted octanol–water partition coefficient (Wildman–Crippen LogP) is -1.44. The second-order valence-corrected chi connectivity index (χ2v) is 5.77. The second kappa shape index (κ2) is 4.16. The molecular weight excluding hydrogens is 222 g/mol. The van der Waals surface area contributed by atoms with Crippen LogP contribution in [0.3, 0.4) is 0 Å². The molecule has 1 fully saturated rings. The van der Waals surface area contributed by atoms with Crippen molar-refractivity contribution in [1.29, 1.82) is 0 Å². The number of ether oxygens (including phenoxy) is 1. The van der Waals surface area contributed by atoms with Crippen LogP contribution in [0.25, 0.3) is 0 Å². The lowest BCUT2D eigenvalue weighted by Gasteiger charge is -2.19. The third-order valence-corrected chi connectivity index (χ3v) is 3.25. The van der Waals surface area contributed by atoms with E-state index < -0.39 is 37.6 Å². The number of aliphatic hydroxyl groups excluding tert-OH is 1. The van der Waals surface area contributed by atoms with Crippen molar-refractivity contribution in [2.45, 2.75) is 37.2 Å². The third kappa shape index (κ3) is 3.55. The lowest BCUT2D eigenvalue weighted by atomic mass is 9.83. The van der Waals surface area contributed by atoms with E-state index in [1.54, 1.807) is 0 Å². The Bertz CT molecular complexity index is 277. The van der Waals surface area contributed by atoms with Crippen molar-refractivity contribution in [1.82, 2.24) is 0 Å². The largest absolute Gasteiger partial charge is 0.390 e. The van der Waals surface area contributed by atoms with E-state index in [1.807, 2.05) is 0 Å². The first-order valence-electron chi connectivity index (χ1n) is 4.48. The summed E-state index contributed by atoms with van der Waals surface area (Å²) in [5, 5.41) is 19.1. The van der Waals surface area contributed by atoms with Crippen LogP contribution >= 0.6 is 7.60 Å². The van der Waals surface area contributed by atoms with Crippen LogP contribution in [0, 0.1) is 0 Å². The maximum atomic E-state index is 10.6. The Hall–Kier alpha value is 0.0949. The molecule has 8 heteroatoms. The predicted molar refractivity (Wildman–Crippen MR) is 52.6 cm³/mol. The van der Waals surface area contributed by atoms with Gasteiger partial charge in [0.1, 0.15) is 7.85 Å². The molecule has 4 unspecified atom stereocenters. The fourth-order valence-corrected chi connectivity index (χ4v) is 2.22. The molecular formula is C7H14BO6P. The van der Waals surface area contributed by atoms with Crippen LogP contribution in [-0.2, 0) is 9.30 Å². The second-order valence-electron chi connectivity index (χ2n) is 4.07. The lowest BCUT2D eigenvalue weighted by Crippen LogP contribution is -2.34. The highest BCUT2D eigenvalue weighted by Crippen LogP contribution is 2.38. The van der Waals surface area contributed by atoms with Crippen molar-refractivity contribution >= 4 is 15.4 Å². The summed E-state index contributed by atoms with van der Waals surface area (Å²) in [7, 11) is 1.14. The maximum Gasteiger partial charge on any atom is 0.328 e. The summed E-state index contributed by atoms with van der Waals surface area (Å²) in [6, 6.07) is -0.950. The summed E-state index contributed by atoms with van der Waals surface area (Å²) in [5.74, 6) is 0. The van der Waals surface area contributed by atoms with E-state index in [4.69, 9.17) is 22.4 Å². The molecule has 0 aromatic rings. The van der Waals surface area contributed by atoms with Crippen molar-refractivity contribution in [3.8, 4) is 0 Å². The van der Waals surface area contributed by atoms with E-state index in [0.717, 1.165) is 0 Å². The summed E-state index contributed by atoms with van der Waals surface area (Å²) in [5.41, 5.74) is -1.28. The topological polar surface area (TPSA) is 107 Å². The Morgan fingerprint density at radius 3 is 2.53 bits per heavy atom. The molecule has 2 radical (unpaired) electrons. The molecule has 0 saturated carbocycles. The van der Waals surface area contributed by atoms with Crippen molar-refractivity contribution in [3.63, 3.8) is 0 Å². The summed E-state index contributed by atoms with van der Waals surface area (Å²) >= 11 is 0. The highest BCUT2D eigenvalue weighted by atomic mass is 31.2.